The minimum atomic E-state index is -0.129. The summed E-state index contributed by atoms with van der Waals surface area (Å²) in [5, 5.41) is 0. The maximum Gasteiger partial charge on any atom is 0.251 e. The summed E-state index contributed by atoms with van der Waals surface area (Å²) in [6.07, 6.45) is 4.22. The maximum atomic E-state index is 11.0. The fraction of sp³-hybridized carbons (Fsp3) is 0.600. The molecule has 0 bridgehead atoms. The number of hydrogen-bond acceptors (Lipinski definition) is 3. The van der Waals surface area contributed by atoms with E-state index in [-0.39, 0.29) is 5.56 Å². The Morgan fingerprint density at radius 1 is 1.67 bits per heavy atom. The number of rotatable bonds is 2. The van der Waals surface area contributed by atoms with Crippen LogP contribution in [0.2, 0.25) is 0 Å². The summed E-state index contributed by atoms with van der Waals surface area (Å²) in [6, 6.07) is 2.06. The summed E-state index contributed by atoms with van der Waals surface area (Å²) in [6.45, 7) is 2.02. The lowest BCUT2D eigenvalue weighted by atomic mass is 10.2. The molecule has 0 aliphatic carbocycles. The lowest BCUT2D eigenvalue weighted by Crippen LogP contribution is -2.30. The smallest absolute Gasteiger partial charge is 0.251 e. The van der Waals surface area contributed by atoms with Crippen LogP contribution in [0.15, 0.2) is 17.1 Å². The van der Waals surface area contributed by atoms with Crippen molar-refractivity contribution < 1.29 is 0 Å². The topological polar surface area (TPSA) is 41.0 Å². The molecule has 0 saturated carbocycles. The molecule has 1 unspecified atom stereocenters. The molecule has 1 fully saturated rings. The highest BCUT2D eigenvalue weighted by molar-refractivity contribution is 7.71. The molecular weight excluding hydrogens is 210 g/mol. The normalized spacial score (nSPS) is 22.1. The summed E-state index contributed by atoms with van der Waals surface area (Å²) in [7, 11) is 2.13. The molecule has 1 saturated heterocycles. The average Bonchev–Trinajstić information content (AvgIpc) is 2.57. The summed E-state index contributed by atoms with van der Waals surface area (Å²) in [5.74, 6) is 0. The first kappa shape index (κ1) is 10.6. The van der Waals surface area contributed by atoms with Crippen molar-refractivity contribution in [2.75, 3.05) is 13.6 Å². The molecule has 2 rings (SSSR count). The largest absolute Gasteiger partial charge is 0.324 e. The number of likely N-dealkylation sites (tertiary alicyclic amines) is 1. The van der Waals surface area contributed by atoms with Gasteiger partial charge in [0.25, 0.3) is 5.56 Å². The Kier molecular flexibility index (Phi) is 3.02. The number of H-pyrrole nitrogens is 1. The zero-order valence-electron chi connectivity index (χ0n) is 8.77. The second-order valence-electron chi connectivity index (χ2n) is 4.04. The third-order valence-corrected chi connectivity index (χ3v) is 3.31. The summed E-state index contributed by atoms with van der Waals surface area (Å²) in [4.78, 5) is 16.0. The number of aromatic amines is 1. The van der Waals surface area contributed by atoms with Gasteiger partial charge in [0.15, 0.2) is 4.77 Å². The van der Waals surface area contributed by atoms with E-state index in [9.17, 15) is 4.79 Å². The van der Waals surface area contributed by atoms with Crippen LogP contribution in [-0.2, 0) is 6.54 Å². The van der Waals surface area contributed by atoms with Crippen LogP contribution in [0, 0.1) is 4.77 Å². The van der Waals surface area contributed by atoms with E-state index >= 15 is 0 Å². The van der Waals surface area contributed by atoms with Gasteiger partial charge in [-0.25, -0.2) is 0 Å². The van der Waals surface area contributed by atoms with Crippen LogP contribution in [0.3, 0.4) is 0 Å². The van der Waals surface area contributed by atoms with Crippen LogP contribution in [0.4, 0.5) is 0 Å². The molecule has 1 atom stereocenters. The Balaban J connectivity index is 2.17. The third-order valence-electron chi connectivity index (χ3n) is 2.98. The highest BCUT2D eigenvalue weighted by atomic mass is 32.1. The van der Waals surface area contributed by atoms with Gasteiger partial charge in [0.1, 0.15) is 0 Å². The van der Waals surface area contributed by atoms with Gasteiger partial charge in [-0.1, -0.05) is 0 Å². The van der Waals surface area contributed by atoms with Crippen molar-refractivity contribution in [2.45, 2.75) is 25.4 Å². The van der Waals surface area contributed by atoms with E-state index in [0.717, 1.165) is 13.1 Å². The lowest BCUT2D eigenvalue weighted by Gasteiger charge is -2.20. The standard InChI is InChI=1S/C10H15N3OS/c1-12-5-2-3-8(12)7-13-6-4-9(14)11-10(13)15/h4,6,8H,2-3,5,7H2,1H3,(H,11,14,15). The minimum absolute atomic E-state index is 0.129. The summed E-state index contributed by atoms with van der Waals surface area (Å²) >= 11 is 5.10. The van der Waals surface area contributed by atoms with Crippen LogP contribution < -0.4 is 5.56 Å². The van der Waals surface area contributed by atoms with Gasteiger partial charge in [-0.3, -0.25) is 9.78 Å². The molecule has 0 aromatic carbocycles. The third kappa shape index (κ3) is 2.35. The molecular formula is C10H15N3OS. The first-order valence-electron chi connectivity index (χ1n) is 5.17. The van der Waals surface area contributed by atoms with Crippen molar-refractivity contribution in [1.29, 1.82) is 0 Å². The molecule has 15 heavy (non-hydrogen) atoms. The van der Waals surface area contributed by atoms with Crippen molar-refractivity contribution >= 4 is 12.2 Å². The molecule has 1 N–H and O–H groups in total. The molecule has 0 radical (unpaired) electrons. The molecule has 1 aliphatic heterocycles. The molecule has 82 valence electrons. The Hall–Kier alpha value is -0.940. The number of hydrogen-bond donors (Lipinski definition) is 1. The summed E-state index contributed by atoms with van der Waals surface area (Å²) in [5.41, 5.74) is -0.129. The number of likely N-dealkylation sites (N-methyl/N-ethyl adjacent to an activating group) is 1. The fourth-order valence-corrected chi connectivity index (χ4v) is 2.26. The predicted octanol–water partition coefficient (Wildman–Crippen LogP) is 1.00. The van der Waals surface area contributed by atoms with Gasteiger partial charge in [-0.2, -0.15) is 0 Å². The van der Waals surface area contributed by atoms with Gasteiger partial charge in [-0.05, 0) is 38.7 Å². The van der Waals surface area contributed by atoms with Gasteiger partial charge in [0.2, 0.25) is 0 Å². The van der Waals surface area contributed by atoms with Crippen molar-refractivity contribution in [3.05, 3.63) is 27.4 Å². The van der Waals surface area contributed by atoms with E-state index in [1.54, 1.807) is 6.20 Å². The molecule has 5 heteroatoms. The van der Waals surface area contributed by atoms with Crippen molar-refractivity contribution in [1.82, 2.24) is 14.5 Å². The molecule has 1 aromatic heterocycles. The Morgan fingerprint density at radius 2 is 2.47 bits per heavy atom. The molecule has 0 spiro atoms. The zero-order valence-corrected chi connectivity index (χ0v) is 9.59. The first-order valence-corrected chi connectivity index (χ1v) is 5.57. The molecule has 2 heterocycles. The van der Waals surface area contributed by atoms with Crippen molar-refractivity contribution in [3.8, 4) is 0 Å². The Bertz CT molecular complexity index is 450. The first-order chi connectivity index (χ1) is 7.16. The SMILES string of the molecule is CN1CCCC1Cn1ccc(=O)[nH]c1=S. The number of aromatic nitrogens is 2. The maximum absolute atomic E-state index is 11.0. The van der Waals surface area contributed by atoms with Gasteiger partial charge in [0, 0.05) is 24.8 Å². The molecule has 1 aliphatic rings. The summed E-state index contributed by atoms with van der Waals surface area (Å²) < 4.78 is 2.45. The quantitative estimate of drug-likeness (QED) is 0.763. The monoisotopic (exact) mass is 225 g/mol. The van der Waals surface area contributed by atoms with Crippen LogP contribution >= 0.6 is 12.2 Å². The predicted molar refractivity (Wildman–Crippen MR) is 61.5 cm³/mol. The van der Waals surface area contributed by atoms with Gasteiger partial charge < -0.3 is 9.47 Å². The Morgan fingerprint density at radius 3 is 3.07 bits per heavy atom. The van der Waals surface area contributed by atoms with Gasteiger partial charge in [0.05, 0.1) is 0 Å². The minimum Gasteiger partial charge on any atom is -0.324 e. The number of nitrogens with zero attached hydrogens (tertiary/aromatic N) is 2. The second kappa shape index (κ2) is 4.28. The van der Waals surface area contributed by atoms with Crippen LogP contribution in [0.1, 0.15) is 12.8 Å². The molecule has 0 amide bonds. The van der Waals surface area contributed by atoms with E-state index in [4.69, 9.17) is 12.2 Å². The van der Waals surface area contributed by atoms with Crippen LogP contribution in [0.25, 0.3) is 0 Å². The average molecular weight is 225 g/mol. The van der Waals surface area contributed by atoms with E-state index in [0.29, 0.717) is 10.8 Å². The van der Waals surface area contributed by atoms with Gasteiger partial charge in [-0.15, -0.1) is 0 Å². The highest BCUT2D eigenvalue weighted by Gasteiger charge is 2.20. The van der Waals surface area contributed by atoms with E-state index < -0.39 is 0 Å². The van der Waals surface area contributed by atoms with E-state index in [1.165, 1.54) is 18.9 Å². The number of nitrogens with one attached hydrogen (secondary N) is 1. The van der Waals surface area contributed by atoms with E-state index in [2.05, 4.69) is 16.9 Å². The Labute approximate surface area is 93.5 Å². The fourth-order valence-electron chi connectivity index (χ4n) is 2.02. The zero-order chi connectivity index (χ0) is 10.8. The van der Waals surface area contributed by atoms with Crippen LogP contribution in [0.5, 0.6) is 0 Å². The van der Waals surface area contributed by atoms with Crippen LogP contribution in [-0.4, -0.2) is 34.1 Å². The second-order valence-corrected chi connectivity index (χ2v) is 4.43. The van der Waals surface area contributed by atoms with Crippen molar-refractivity contribution in [2.24, 2.45) is 0 Å². The van der Waals surface area contributed by atoms with E-state index in [1.807, 2.05) is 4.57 Å². The van der Waals surface area contributed by atoms with Gasteiger partial charge >= 0.3 is 0 Å². The lowest BCUT2D eigenvalue weighted by molar-refractivity contribution is 0.280. The molecule has 1 aromatic rings. The highest BCUT2D eigenvalue weighted by Crippen LogP contribution is 2.16. The van der Waals surface area contributed by atoms with Crippen molar-refractivity contribution in [3.63, 3.8) is 0 Å². The molecule has 4 nitrogen and oxygen atoms in total.